The lowest BCUT2D eigenvalue weighted by Gasteiger charge is -2.02. The highest BCUT2D eigenvalue weighted by atomic mass is 32.1. The van der Waals surface area contributed by atoms with Crippen LogP contribution in [0.5, 0.6) is 5.75 Å². The number of furan rings is 1. The van der Waals surface area contributed by atoms with E-state index in [2.05, 4.69) is 10.3 Å². The van der Waals surface area contributed by atoms with Gasteiger partial charge in [-0.3, -0.25) is 4.79 Å². The first kappa shape index (κ1) is 20.0. The Morgan fingerprint density at radius 1 is 1.22 bits per heavy atom. The lowest BCUT2D eigenvalue weighted by atomic mass is 10.1. The van der Waals surface area contributed by atoms with E-state index in [0.717, 1.165) is 32.9 Å². The Bertz CT molecular complexity index is 1400. The Kier molecular flexibility index (Phi) is 5.20. The number of hydrogen-bond acceptors (Lipinski definition) is 6. The number of benzene rings is 2. The molecule has 5 rings (SSSR count). The number of nitrogens with one attached hydrogen (secondary N) is 1. The summed E-state index contributed by atoms with van der Waals surface area (Å²) < 4.78 is 12.8. The number of carbonyl (C=O) groups is 1. The molecule has 0 saturated carbocycles. The summed E-state index contributed by atoms with van der Waals surface area (Å²) in [5.74, 6) is 1.35. The normalized spacial score (nSPS) is 11.1. The number of aryl methyl sites for hydroxylation is 1. The van der Waals surface area contributed by atoms with Gasteiger partial charge in [-0.05, 0) is 12.1 Å². The fourth-order valence-electron chi connectivity index (χ4n) is 3.57. The Balaban J connectivity index is 1.42. The zero-order valence-corrected chi connectivity index (χ0v) is 18.3. The predicted octanol–water partition coefficient (Wildman–Crippen LogP) is 5.15. The minimum Gasteiger partial charge on any atom is -0.497 e. The number of nitrogens with zero attached hydrogens (tertiary/aromatic N) is 3. The molecule has 0 radical (unpaired) electrons. The number of aromatic nitrogens is 3. The molecule has 8 heteroatoms. The van der Waals surface area contributed by atoms with Gasteiger partial charge in [0.25, 0.3) is 0 Å². The molecule has 0 saturated heterocycles. The van der Waals surface area contributed by atoms with Gasteiger partial charge in [0.1, 0.15) is 11.3 Å². The quantitative estimate of drug-likeness (QED) is 0.392. The molecule has 0 fully saturated rings. The summed E-state index contributed by atoms with van der Waals surface area (Å²) in [4.78, 5) is 22.9. The molecule has 0 aliphatic heterocycles. The summed E-state index contributed by atoms with van der Waals surface area (Å²) in [6, 6.07) is 15.5. The number of imidazole rings is 1. The molecule has 1 N–H and O–H groups in total. The Morgan fingerprint density at radius 3 is 2.81 bits per heavy atom. The fourth-order valence-corrected chi connectivity index (χ4v) is 4.61. The third-order valence-corrected chi connectivity index (χ3v) is 6.13. The lowest BCUT2D eigenvalue weighted by molar-refractivity contribution is -0.115. The number of thiazole rings is 1. The van der Waals surface area contributed by atoms with E-state index in [4.69, 9.17) is 14.1 Å². The fraction of sp³-hybridized carbons (Fsp3) is 0.125. The summed E-state index contributed by atoms with van der Waals surface area (Å²) in [6.07, 6.45) is 5.43. The maximum atomic E-state index is 12.8. The van der Waals surface area contributed by atoms with E-state index in [1.807, 2.05) is 66.3 Å². The Hall–Kier alpha value is -3.91. The van der Waals surface area contributed by atoms with Gasteiger partial charge in [-0.2, -0.15) is 0 Å². The first-order valence-corrected chi connectivity index (χ1v) is 10.8. The van der Waals surface area contributed by atoms with Crippen molar-refractivity contribution < 1.29 is 13.9 Å². The second-order valence-electron chi connectivity index (χ2n) is 7.27. The van der Waals surface area contributed by atoms with E-state index in [-0.39, 0.29) is 12.3 Å². The van der Waals surface area contributed by atoms with Gasteiger partial charge in [0.05, 0.1) is 30.4 Å². The van der Waals surface area contributed by atoms with Crippen LogP contribution in [0, 0.1) is 0 Å². The van der Waals surface area contributed by atoms with Crippen LogP contribution in [0.15, 0.2) is 71.6 Å². The van der Waals surface area contributed by atoms with Crippen molar-refractivity contribution in [2.75, 3.05) is 12.4 Å². The molecule has 0 bridgehead atoms. The Labute approximate surface area is 188 Å². The number of methoxy groups -OCH3 is 1. The number of rotatable bonds is 6. The van der Waals surface area contributed by atoms with Crippen molar-refractivity contribution in [3.8, 4) is 27.7 Å². The zero-order chi connectivity index (χ0) is 22.1. The van der Waals surface area contributed by atoms with E-state index in [9.17, 15) is 4.79 Å². The Morgan fingerprint density at radius 2 is 2.06 bits per heavy atom. The molecule has 2 aromatic carbocycles. The highest BCUT2D eigenvalue weighted by Gasteiger charge is 2.20. The maximum Gasteiger partial charge on any atom is 0.230 e. The average molecular weight is 445 g/mol. The number of ether oxygens (including phenoxy) is 1. The maximum absolute atomic E-state index is 12.8. The van der Waals surface area contributed by atoms with Crippen molar-refractivity contribution in [2.45, 2.75) is 6.42 Å². The SMILES string of the molecule is COc1ccc2c(CC(=O)Nc3nc(-c4ccccc4)c(-c4nccn4C)s3)coc2c1. The molecular formula is C24H20N4O3S. The van der Waals surface area contributed by atoms with Gasteiger partial charge in [0, 0.05) is 42.0 Å². The van der Waals surface area contributed by atoms with E-state index >= 15 is 0 Å². The molecule has 0 atom stereocenters. The van der Waals surface area contributed by atoms with Crippen molar-refractivity contribution in [3.63, 3.8) is 0 Å². The number of fused-ring (bicyclic) bond motifs is 1. The summed E-state index contributed by atoms with van der Waals surface area (Å²) in [7, 11) is 3.55. The van der Waals surface area contributed by atoms with E-state index in [0.29, 0.717) is 16.5 Å². The first-order chi connectivity index (χ1) is 15.6. The second-order valence-corrected chi connectivity index (χ2v) is 8.27. The summed E-state index contributed by atoms with van der Waals surface area (Å²) >= 11 is 1.41. The van der Waals surface area contributed by atoms with Gasteiger partial charge in [0.2, 0.25) is 5.91 Å². The molecule has 3 heterocycles. The smallest absolute Gasteiger partial charge is 0.230 e. The van der Waals surface area contributed by atoms with Crippen molar-refractivity contribution >= 4 is 33.3 Å². The van der Waals surface area contributed by atoms with Crippen molar-refractivity contribution in [1.29, 1.82) is 0 Å². The van der Waals surface area contributed by atoms with Crippen LogP contribution in [-0.2, 0) is 18.3 Å². The highest BCUT2D eigenvalue weighted by molar-refractivity contribution is 7.19. The lowest BCUT2D eigenvalue weighted by Crippen LogP contribution is -2.13. The van der Waals surface area contributed by atoms with Crippen molar-refractivity contribution in [1.82, 2.24) is 14.5 Å². The first-order valence-electron chi connectivity index (χ1n) is 10.0. The summed E-state index contributed by atoms with van der Waals surface area (Å²) in [5, 5.41) is 4.36. The molecule has 0 spiro atoms. The molecule has 160 valence electrons. The van der Waals surface area contributed by atoms with Crippen LogP contribution >= 0.6 is 11.3 Å². The van der Waals surface area contributed by atoms with Gasteiger partial charge in [-0.15, -0.1) is 0 Å². The van der Waals surface area contributed by atoms with Crippen LogP contribution in [0.25, 0.3) is 32.9 Å². The van der Waals surface area contributed by atoms with Crippen molar-refractivity contribution in [2.24, 2.45) is 7.05 Å². The molecule has 0 aliphatic rings. The molecule has 3 aromatic heterocycles. The zero-order valence-electron chi connectivity index (χ0n) is 17.5. The summed E-state index contributed by atoms with van der Waals surface area (Å²) in [6.45, 7) is 0. The van der Waals surface area contributed by atoms with E-state index in [1.54, 1.807) is 19.6 Å². The third kappa shape index (κ3) is 3.76. The van der Waals surface area contributed by atoms with Crippen LogP contribution < -0.4 is 10.1 Å². The van der Waals surface area contributed by atoms with Crippen LogP contribution in [0.2, 0.25) is 0 Å². The second kappa shape index (κ2) is 8.32. The molecule has 0 unspecified atom stereocenters. The van der Waals surface area contributed by atoms with Gasteiger partial charge in [0.15, 0.2) is 11.0 Å². The number of anilines is 1. The monoisotopic (exact) mass is 444 g/mol. The molecule has 1 amide bonds. The van der Waals surface area contributed by atoms with Crippen LogP contribution in [0.4, 0.5) is 5.13 Å². The number of amides is 1. The van der Waals surface area contributed by atoms with Gasteiger partial charge in [-0.25, -0.2) is 9.97 Å². The predicted molar refractivity (Wildman–Crippen MR) is 125 cm³/mol. The van der Waals surface area contributed by atoms with Crippen LogP contribution in [0.1, 0.15) is 5.56 Å². The standard InChI is InChI=1S/C24H20N4O3S/c1-28-11-10-25-23(28)22-21(15-6-4-3-5-7-15)27-24(32-22)26-20(29)12-16-14-31-19-13-17(30-2)8-9-18(16)19/h3-11,13-14H,12H2,1-2H3,(H,26,27,29). The van der Waals surface area contributed by atoms with Crippen molar-refractivity contribution in [3.05, 3.63) is 72.8 Å². The van der Waals surface area contributed by atoms with Gasteiger partial charge < -0.3 is 19.0 Å². The average Bonchev–Trinajstić information content (AvgIpc) is 3.52. The minimum absolute atomic E-state index is 0.164. The van der Waals surface area contributed by atoms with Crippen LogP contribution in [0.3, 0.4) is 0 Å². The van der Waals surface area contributed by atoms with Gasteiger partial charge in [-0.1, -0.05) is 41.7 Å². The summed E-state index contributed by atoms with van der Waals surface area (Å²) in [5.41, 5.74) is 3.26. The highest BCUT2D eigenvalue weighted by Crippen LogP contribution is 2.38. The molecule has 32 heavy (non-hydrogen) atoms. The largest absolute Gasteiger partial charge is 0.497 e. The minimum atomic E-state index is -0.164. The van der Waals surface area contributed by atoms with E-state index in [1.165, 1.54) is 11.3 Å². The molecule has 0 aliphatic carbocycles. The number of carbonyl (C=O) groups excluding carboxylic acids is 1. The third-order valence-electron chi connectivity index (χ3n) is 5.16. The van der Waals surface area contributed by atoms with Gasteiger partial charge >= 0.3 is 0 Å². The van der Waals surface area contributed by atoms with E-state index < -0.39 is 0 Å². The molecular weight excluding hydrogens is 424 g/mol. The number of hydrogen-bond donors (Lipinski definition) is 1. The topological polar surface area (TPSA) is 82.2 Å². The molecule has 5 aromatic rings. The molecule has 7 nitrogen and oxygen atoms in total. The van der Waals surface area contributed by atoms with Crippen LogP contribution in [-0.4, -0.2) is 27.6 Å².